The Kier molecular flexibility index (Phi) is 5.25. The number of rotatable bonds is 4. The molecular weight excluding hydrogens is 348 g/mol. The first kappa shape index (κ1) is 17.7. The van der Waals surface area contributed by atoms with E-state index in [2.05, 4.69) is 66.1 Å². The van der Waals surface area contributed by atoms with Crippen LogP contribution in [-0.2, 0) is 4.79 Å². The highest BCUT2D eigenvalue weighted by atomic mass is 32.2. The summed E-state index contributed by atoms with van der Waals surface area (Å²) in [5, 5.41) is 6.79. The summed E-state index contributed by atoms with van der Waals surface area (Å²) >= 11 is 6.97. The quantitative estimate of drug-likeness (QED) is 0.776. The van der Waals surface area contributed by atoms with Crippen molar-refractivity contribution in [2.24, 2.45) is 0 Å². The normalized spacial score (nSPS) is 17.1. The molecule has 0 saturated carbocycles. The van der Waals surface area contributed by atoms with Gasteiger partial charge >= 0.3 is 0 Å². The van der Waals surface area contributed by atoms with Crippen molar-refractivity contribution in [2.75, 3.05) is 0 Å². The van der Waals surface area contributed by atoms with Crippen molar-refractivity contribution in [1.82, 2.24) is 10.6 Å². The number of thiocarbonyl (C=S) groups is 1. The Morgan fingerprint density at radius 2 is 1.56 bits per heavy atom. The van der Waals surface area contributed by atoms with E-state index in [0.29, 0.717) is 5.11 Å². The molecule has 0 radical (unpaired) electrons. The Morgan fingerprint density at radius 3 is 2.12 bits per heavy atom. The molecule has 0 saturated heterocycles. The van der Waals surface area contributed by atoms with Gasteiger partial charge in [0.15, 0.2) is 10.9 Å². The van der Waals surface area contributed by atoms with E-state index in [9.17, 15) is 4.79 Å². The van der Waals surface area contributed by atoms with Crippen LogP contribution in [0.3, 0.4) is 0 Å². The third kappa shape index (κ3) is 4.11. The molecule has 1 atom stereocenters. The molecule has 1 unspecified atom stereocenters. The van der Waals surface area contributed by atoms with Gasteiger partial charge in [0.2, 0.25) is 0 Å². The number of carbonyl (C=O) groups excluding carboxylic acids is 1. The molecule has 3 rings (SSSR count). The van der Waals surface area contributed by atoms with Gasteiger partial charge in [-0.25, -0.2) is 0 Å². The maximum Gasteiger partial charge on any atom is 0.171 e. The monoisotopic (exact) mass is 368 g/mol. The van der Waals surface area contributed by atoms with Crippen molar-refractivity contribution < 1.29 is 4.79 Å². The first-order chi connectivity index (χ1) is 11.9. The number of carbonyl (C=O) groups is 1. The molecule has 1 aliphatic heterocycles. The number of ketones is 1. The maximum absolute atomic E-state index is 12.0. The third-order valence-electron chi connectivity index (χ3n) is 4.12. The largest absolute Gasteiger partial charge is 0.351 e. The van der Waals surface area contributed by atoms with Crippen molar-refractivity contribution in [2.45, 2.75) is 36.6 Å². The number of aryl methyl sites for hydroxylation is 1. The van der Waals surface area contributed by atoms with E-state index in [1.54, 1.807) is 18.7 Å². The molecule has 0 bridgehead atoms. The molecule has 0 aromatic heterocycles. The summed E-state index contributed by atoms with van der Waals surface area (Å²) in [7, 11) is 0. The molecule has 2 N–H and O–H groups in total. The highest BCUT2D eigenvalue weighted by Crippen LogP contribution is 2.31. The van der Waals surface area contributed by atoms with Crippen molar-refractivity contribution >= 4 is 34.9 Å². The van der Waals surface area contributed by atoms with Gasteiger partial charge in [0.05, 0.1) is 6.04 Å². The first-order valence-electron chi connectivity index (χ1n) is 8.08. The lowest BCUT2D eigenvalue weighted by molar-refractivity contribution is -0.114. The van der Waals surface area contributed by atoms with Gasteiger partial charge in [-0.15, -0.1) is 0 Å². The molecule has 0 amide bonds. The predicted octanol–water partition coefficient (Wildman–Crippen LogP) is 4.53. The fourth-order valence-electron chi connectivity index (χ4n) is 2.88. The number of hydrogen-bond acceptors (Lipinski definition) is 3. The Balaban J connectivity index is 1.83. The van der Waals surface area contributed by atoms with Crippen LogP contribution >= 0.6 is 24.0 Å². The second kappa shape index (κ2) is 7.42. The SMILES string of the molecule is CC(=O)C1=C(C)NC(=S)NC1c1ccc(Sc2ccc(C)cc2)cc1. The lowest BCUT2D eigenvalue weighted by atomic mass is 9.93. The molecule has 0 aliphatic carbocycles. The first-order valence-corrected chi connectivity index (χ1v) is 9.30. The molecule has 2 aromatic rings. The molecular formula is C20H20N2OS2. The zero-order valence-corrected chi connectivity index (χ0v) is 16.1. The van der Waals surface area contributed by atoms with Gasteiger partial charge in [0.25, 0.3) is 0 Å². The zero-order valence-electron chi connectivity index (χ0n) is 14.4. The van der Waals surface area contributed by atoms with Crippen LogP contribution in [0.4, 0.5) is 0 Å². The summed E-state index contributed by atoms with van der Waals surface area (Å²) < 4.78 is 0. The predicted molar refractivity (Wildman–Crippen MR) is 107 cm³/mol. The van der Waals surface area contributed by atoms with E-state index in [0.717, 1.165) is 21.7 Å². The lowest BCUT2D eigenvalue weighted by Gasteiger charge is -2.29. The molecule has 3 nitrogen and oxygen atoms in total. The average Bonchev–Trinajstić information content (AvgIpc) is 2.56. The van der Waals surface area contributed by atoms with Crippen LogP contribution in [0.1, 0.15) is 31.0 Å². The maximum atomic E-state index is 12.0. The van der Waals surface area contributed by atoms with Gasteiger partial charge in [-0.05, 0) is 62.8 Å². The van der Waals surface area contributed by atoms with Crippen molar-refractivity contribution in [1.29, 1.82) is 0 Å². The smallest absolute Gasteiger partial charge is 0.171 e. The van der Waals surface area contributed by atoms with Gasteiger partial charge in [0, 0.05) is 21.1 Å². The topological polar surface area (TPSA) is 41.1 Å². The zero-order chi connectivity index (χ0) is 18.0. The molecule has 2 aromatic carbocycles. The Bertz CT molecular complexity index is 839. The highest BCUT2D eigenvalue weighted by molar-refractivity contribution is 7.99. The molecule has 0 spiro atoms. The number of Topliss-reactive ketones (excluding diaryl/α,β-unsaturated/α-hetero) is 1. The van der Waals surface area contributed by atoms with Gasteiger partial charge in [-0.2, -0.15) is 0 Å². The van der Waals surface area contributed by atoms with Crippen LogP contribution in [0.25, 0.3) is 0 Å². The van der Waals surface area contributed by atoms with E-state index < -0.39 is 0 Å². The van der Waals surface area contributed by atoms with Gasteiger partial charge < -0.3 is 10.6 Å². The Morgan fingerprint density at radius 1 is 1.00 bits per heavy atom. The summed E-state index contributed by atoms with van der Waals surface area (Å²) in [6, 6.07) is 16.5. The van der Waals surface area contributed by atoms with Gasteiger partial charge in [-0.3, -0.25) is 4.79 Å². The molecule has 25 heavy (non-hydrogen) atoms. The van der Waals surface area contributed by atoms with Crippen LogP contribution in [0.5, 0.6) is 0 Å². The fraction of sp³-hybridized carbons (Fsp3) is 0.200. The average molecular weight is 369 g/mol. The number of hydrogen-bond donors (Lipinski definition) is 2. The van der Waals surface area contributed by atoms with Crippen molar-refractivity contribution in [3.8, 4) is 0 Å². The second-order valence-electron chi connectivity index (χ2n) is 6.11. The minimum Gasteiger partial charge on any atom is -0.351 e. The Labute approximate surface area is 157 Å². The van der Waals surface area contributed by atoms with E-state index in [1.165, 1.54) is 10.5 Å². The van der Waals surface area contributed by atoms with Crippen LogP contribution < -0.4 is 10.6 Å². The van der Waals surface area contributed by atoms with E-state index in [1.807, 2.05) is 6.92 Å². The summed E-state index contributed by atoms with van der Waals surface area (Å²) in [4.78, 5) is 14.4. The van der Waals surface area contributed by atoms with E-state index in [4.69, 9.17) is 12.2 Å². The number of benzene rings is 2. The second-order valence-corrected chi connectivity index (χ2v) is 7.67. The van der Waals surface area contributed by atoms with Crippen LogP contribution in [-0.4, -0.2) is 10.9 Å². The van der Waals surface area contributed by atoms with E-state index >= 15 is 0 Å². The third-order valence-corrected chi connectivity index (χ3v) is 5.35. The van der Waals surface area contributed by atoms with Crippen molar-refractivity contribution in [3.63, 3.8) is 0 Å². The summed E-state index contributed by atoms with van der Waals surface area (Å²) in [6.07, 6.45) is 0. The van der Waals surface area contributed by atoms with Gasteiger partial charge in [-0.1, -0.05) is 41.6 Å². The minimum absolute atomic E-state index is 0.0445. The fourth-order valence-corrected chi connectivity index (χ4v) is 3.97. The van der Waals surface area contributed by atoms with Gasteiger partial charge in [0.1, 0.15) is 0 Å². The van der Waals surface area contributed by atoms with Crippen LogP contribution in [0, 0.1) is 6.92 Å². The molecule has 1 heterocycles. The lowest BCUT2D eigenvalue weighted by Crippen LogP contribution is -2.44. The summed E-state index contributed by atoms with van der Waals surface area (Å²) in [5.74, 6) is 0.0445. The summed E-state index contributed by atoms with van der Waals surface area (Å²) in [5.41, 5.74) is 3.83. The Hall–Kier alpha value is -2.11. The highest BCUT2D eigenvalue weighted by Gasteiger charge is 2.27. The number of nitrogens with one attached hydrogen (secondary N) is 2. The summed E-state index contributed by atoms with van der Waals surface area (Å²) in [6.45, 7) is 5.56. The number of allylic oxidation sites excluding steroid dienone is 1. The van der Waals surface area contributed by atoms with Crippen molar-refractivity contribution in [3.05, 3.63) is 70.9 Å². The molecule has 5 heteroatoms. The van der Waals surface area contributed by atoms with Crippen LogP contribution in [0.15, 0.2) is 69.6 Å². The van der Waals surface area contributed by atoms with Crippen LogP contribution in [0.2, 0.25) is 0 Å². The van der Waals surface area contributed by atoms with E-state index in [-0.39, 0.29) is 11.8 Å². The standard InChI is InChI=1S/C20H20N2OS2/c1-12-4-8-16(9-5-12)25-17-10-6-15(7-11-17)19-18(14(3)23)13(2)21-20(24)22-19/h4-11,19H,1-3H3,(H2,21,22,24). The molecule has 1 aliphatic rings. The minimum atomic E-state index is -0.204. The molecule has 128 valence electrons. The molecule has 0 fully saturated rings.